The number of benzene rings is 1. The highest BCUT2D eigenvalue weighted by Gasteiger charge is 2.17. The highest BCUT2D eigenvalue weighted by atomic mass is 16.5. The van der Waals surface area contributed by atoms with Crippen LogP contribution in [0, 0.1) is 0 Å². The molecule has 8 heteroatoms. The van der Waals surface area contributed by atoms with Crippen molar-refractivity contribution in [2.75, 3.05) is 20.3 Å². The number of amides is 3. The third-order valence-electron chi connectivity index (χ3n) is 4.19. The zero-order valence-electron chi connectivity index (χ0n) is 15.5. The van der Waals surface area contributed by atoms with Crippen LogP contribution in [0.1, 0.15) is 38.5 Å². The predicted octanol–water partition coefficient (Wildman–Crippen LogP) is 2.17. The number of urea groups is 1. The van der Waals surface area contributed by atoms with Gasteiger partial charge in [0.25, 0.3) is 5.91 Å². The molecule has 27 heavy (non-hydrogen) atoms. The number of esters is 1. The van der Waals surface area contributed by atoms with Crippen LogP contribution in [0.4, 0.5) is 4.79 Å². The second kappa shape index (κ2) is 11.1. The third kappa shape index (κ3) is 7.98. The second-order valence-electron chi connectivity index (χ2n) is 6.29. The molecule has 1 aromatic carbocycles. The quantitative estimate of drug-likeness (QED) is 0.672. The van der Waals surface area contributed by atoms with Crippen molar-refractivity contribution < 1.29 is 28.6 Å². The Bertz CT molecular complexity index is 626. The fraction of sp³-hybridized carbons (Fsp3) is 0.526. The molecule has 8 nitrogen and oxygen atoms in total. The van der Waals surface area contributed by atoms with Gasteiger partial charge >= 0.3 is 12.0 Å². The summed E-state index contributed by atoms with van der Waals surface area (Å²) < 4.78 is 15.3. The van der Waals surface area contributed by atoms with Crippen LogP contribution < -0.4 is 20.1 Å². The number of hydrogen-bond donors (Lipinski definition) is 2. The first-order chi connectivity index (χ1) is 13.1. The fourth-order valence-electron chi connectivity index (χ4n) is 2.77. The maximum Gasteiger partial charge on any atom is 0.321 e. The molecule has 1 aliphatic carbocycles. The van der Waals surface area contributed by atoms with Crippen molar-refractivity contribution in [3.8, 4) is 11.5 Å². The predicted molar refractivity (Wildman–Crippen MR) is 97.6 cm³/mol. The van der Waals surface area contributed by atoms with Crippen LogP contribution in [0.15, 0.2) is 24.3 Å². The number of imide groups is 1. The summed E-state index contributed by atoms with van der Waals surface area (Å²) >= 11 is 0. The van der Waals surface area contributed by atoms with Gasteiger partial charge in [0.05, 0.1) is 20.1 Å². The molecule has 0 atom stereocenters. The molecule has 0 bridgehead atoms. The number of methoxy groups -OCH3 is 1. The van der Waals surface area contributed by atoms with E-state index in [4.69, 9.17) is 14.2 Å². The molecule has 0 spiro atoms. The van der Waals surface area contributed by atoms with E-state index in [2.05, 4.69) is 10.6 Å². The number of carbonyl (C=O) groups is 3. The van der Waals surface area contributed by atoms with Crippen LogP contribution in [-0.2, 0) is 14.3 Å². The first-order valence-electron chi connectivity index (χ1n) is 9.09. The third-order valence-corrected chi connectivity index (χ3v) is 4.19. The zero-order valence-corrected chi connectivity index (χ0v) is 15.5. The summed E-state index contributed by atoms with van der Waals surface area (Å²) in [5.74, 6) is 0.0695. The number of rotatable bonds is 8. The van der Waals surface area contributed by atoms with Crippen molar-refractivity contribution in [3.05, 3.63) is 24.3 Å². The molecule has 0 aliphatic heterocycles. The van der Waals surface area contributed by atoms with Crippen molar-refractivity contribution in [3.63, 3.8) is 0 Å². The largest absolute Gasteiger partial charge is 0.497 e. The van der Waals surface area contributed by atoms with Crippen LogP contribution >= 0.6 is 0 Å². The van der Waals surface area contributed by atoms with Gasteiger partial charge in [-0.1, -0.05) is 19.3 Å². The number of hydrogen-bond acceptors (Lipinski definition) is 6. The van der Waals surface area contributed by atoms with Gasteiger partial charge in [0.2, 0.25) is 0 Å². The Labute approximate surface area is 158 Å². The average Bonchev–Trinajstić information content (AvgIpc) is 2.67. The van der Waals surface area contributed by atoms with E-state index in [-0.39, 0.29) is 19.1 Å². The molecule has 0 unspecified atom stereocenters. The smallest absolute Gasteiger partial charge is 0.321 e. The van der Waals surface area contributed by atoms with Crippen molar-refractivity contribution in [2.24, 2.45) is 0 Å². The first-order valence-corrected chi connectivity index (χ1v) is 9.09. The van der Waals surface area contributed by atoms with Gasteiger partial charge < -0.3 is 19.5 Å². The highest BCUT2D eigenvalue weighted by molar-refractivity contribution is 5.95. The van der Waals surface area contributed by atoms with E-state index < -0.39 is 24.5 Å². The Hall–Kier alpha value is -2.77. The van der Waals surface area contributed by atoms with Crippen molar-refractivity contribution in [1.82, 2.24) is 10.6 Å². The highest BCUT2D eigenvalue weighted by Crippen LogP contribution is 2.17. The standard InChI is InChI=1S/C19H26N2O6/c1-25-15-7-9-16(10-8-15)26-12-11-18(23)27-13-17(22)21-19(24)20-14-5-3-2-4-6-14/h7-10,14H,2-6,11-13H2,1H3,(H2,20,21,22,24). The zero-order chi connectivity index (χ0) is 19.5. The van der Waals surface area contributed by atoms with Gasteiger partial charge in [-0.2, -0.15) is 0 Å². The number of carbonyl (C=O) groups excluding carboxylic acids is 3. The summed E-state index contributed by atoms with van der Waals surface area (Å²) in [7, 11) is 1.57. The van der Waals surface area contributed by atoms with E-state index in [1.807, 2.05) is 0 Å². The molecule has 0 aromatic heterocycles. The lowest BCUT2D eigenvalue weighted by Crippen LogP contribution is -2.46. The van der Waals surface area contributed by atoms with Crippen LogP contribution in [0.25, 0.3) is 0 Å². The van der Waals surface area contributed by atoms with Gasteiger partial charge in [0.15, 0.2) is 6.61 Å². The van der Waals surface area contributed by atoms with Crippen molar-refractivity contribution >= 4 is 17.9 Å². The lowest BCUT2D eigenvalue weighted by atomic mass is 9.96. The van der Waals surface area contributed by atoms with Crippen LogP contribution in [0.5, 0.6) is 11.5 Å². The number of ether oxygens (including phenoxy) is 3. The lowest BCUT2D eigenvalue weighted by molar-refractivity contribution is -0.148. The summed E-state index contributed by atoms with van der Waals surface area (Å²) in [5, 5.41) is 4.92. The SMILES string of the molecule is COc1ccc(OCCC(=O)OCC(=O)NC(=O)NC2CCCCC2)cc1. The summed E-state index contributed by atoms with van der Waals surface area (Å²) in [6.07, 6.45) is 5.17. The molecule has 0 heterocycles. The monoisotopic (exact) mass is 378 g/mol. The first kappa shape index (κ1) is 20.5. The van der Waals surface area contributed by atoms with E-state index in [1.165, 1.54) is 6.42 Å². The molecule has 3 amide bonds. The molecule has 1 saturated carbocycles. The molecule has 2 rings (SSSR count). The Morgan fingerprint density at radius 2 is 1.70 bits per heavy atom. The molecule has 1 aromatic rings. The van der Waals surface area contributed by atoms with E-state index in [1.54, 1.807) is 31.4 Å². The maximum absolute atomic E-state index is 11.7. The van der Waals surface area contributed by atoms with Crippen LogP contribution in [0.2, 0.25) is 0 Å². The van der Waals surface area contributed by atoms with Gasteiger partial charge in [0.1, 0.15) is 11.5 Å². The Kier molecular flexibility index (Phi) is 8.41. The van der Waals surface area contributed by atoms with Gasteiger partial charge in [-0.05, 0) is 37.1 Å². The molecule has 0 radical (unpaired) electrons. The van der Waals surface area contributed by atoms with Crippen LogP contribution in [0.3, 0.4) is 0 Å². The van der Waals surface area contributed by atoms with Gasteiger partial charge in [-0.15, -0.1) is 0 Å². The van der Waals surface area contributed by atoms with E-state index in [9.17, 15) is 14.4 Å². The molecule has 1 aliphatic rings. The minimum atomic E-state index is -0.660. The Balaban J connectivity index is 1.57. The molecule has 0 saturated heterocycles. The maximum atomic E-state index is 11.7. The van der Waals surface area contributed by atoms with Crippen molar-refractivity contribution in [2.45, 2.75) is 44.6 Å². The lowest BCUT2D eigenvalue weighted by Gasteiger charge is -2.22. The van der Waals surface area contributed by atoms with Crippen molar-refractivity contribution in [1.29, 1.82) is 0 Å². The van der Waals surface area contributed by atoms with Gasteiger partial charge in [-0.25, -0.2) is 4.79 Å². The van der Waals surface area contributed by atoms with Gasteiger partial charge in [0, 0.05) is 6.04 Å². The van der Waals surface area contributed by atoms with E-state index >= 15 is 0 Å². The summed E-state index contributed by atoms with van der Waals surface area (Å²) in [4.78, 5) is 35.0. The second-order valence-corrected chi connectivity index (χ2v) is 6.29. The summed E-state index contributed by atoms with van der Waals surface area (Å²) in [6.45, 7) is -0.381. The normalized spacial score (nSPS) is 14.1. The minimum Gasteiger partial charge on any atom is -0.497 e. The molecular weight excluding hydrogens is 352 g/mol. The number of nitrogens with one attached hydrogen (secondary N) is 2. The topological polar surface area (TPSA) is 103 Å². The van der Waals surface area contributed by atoms with Gasteiger partial charge in [-0.3, -0.25) is 14.9 Å². The average molecular weight is 378 g/mol. The summed E-state index contributed by atoms with van der Waals surface area (Å²) in [5.41, 5.74) is 0. The Morgan fingerprint density at radius 1 is 1.04 bits per heavy atom. The fourth-order valence-corrected chi connectivity index (χ4v) is 2.77. The van der Waals surface area contributed by atoms with Crippen LogP contribution in [-0.4, -0.2) is 44.3 Å². The molecule has 1 fully saturated rings. The van der Waals surface area contributed by atoms with E-state index in [0.29, 0.717) is 11.5 Å². The molecule has 148 valence electrons. The Morgan fingerprint density at radius 3 is 2.37 bits per heavy atom. The van der Waals surface area contributed by atoms with E-state index in [0.717, 1.165) is 25.7 Å². The molecule has 2 N–H and O–H groups in total. The summed E-state index contributed by atoms with van der Waals surface area (Å²) in [6, 6.07) is 6.49. The minimum absolute atomic E-state index is 0.00637. The molecular formula is C19H26N2O6.